The second-order valence-corrected chi connectivity index (χ2v) is 7.59. The fourth-order valence-corrected chi connectivity index (χ4v) is 4.21. The fraction of sp³-hybridized carbons (Fsp3) is 0.182. The van der Waals surface area contributed by atoms with Crippen LogP contribution in [0, 0.1) is 6.92 Å². The van der Waals surface area contributed by atoms with Crippen molar-refractivity contribution in [2.24, 2.45) is 5.73 Å². The molecule has 4 aromatic rings. The number of aromatic amines is 1. The molecular formula is C22H20N6O2. The third-order valence-electron chi connectivity index (χ3n) is 5.75. The molecule has 3 N–H and O–H groups in total. The zero-order chi connectivity index (χ0) is 21.0. The van der Waals surface area contributed by atoms with Gasteiger partial charge in [-0.15, -0.1) is 0 Å². The molecule has 150 valence electrons. The largest absolute Gasteiger partial charge is 0.364 e. The molecule has 0 radical (unpaired) electrons. The maximum Gasteiger partial charge on any atom is 0.267 e. The van der Waals surface area contributed by atoms with Crippen molar-refractivity contribution in [3.8, 4) is 11.1 Å². The van der Waals surface area contributed by atoms with Crippen molar-refractivity contribution in [3.05, 3.63) is 66.3 Å². The van der Waals surface area contributed by atoms with Gasteiger partial charge in [0.1, 0.15) is 11.3 Å². The Morgan fingerprint density at radius 3 is 2.80 bits per heavy atom. The number of aryl methyl sites for hydroxylation is 1. The second kappa shape index (κ2) is 6.55. The molecule has 0 aliphatic carbocycles. The first kappa shape index (κ1) is 18.1. The zero-order valence-corrected chi connectivity index (χ0v) is 16.4. The number of amides is 2. The van der Waals surface area contributed by atoms with Crippen LogP contribution in [-0.2, 0) is 4.79 Å². The molecule has 0 spiro atoms. The van der Waals surface area contributed by atoms with Gasteiger partial charge in [0, 0.05) is 30.6 Å². The van der Waals surface area contributed by atoms with Crippen molar-refractivity contribution < 1.29 is 9.59 Å². The third-order valence-corrected chi connectivity index (χ3v) is 5.75. The van der Waals surface area contributed by atoms with E-state index in [4.69, 9.17) is 5.73 Å². The lowest BCUT2D eigenvalue weighted by Crippen LogP contribution is -2.48. The molecule has 1 aromatic carbocycles. The van der Waals surface area contributed by atoms with Crippen molar-refractivity contribution in [3.63, 3.8) is 0 Å². The summed E-state index contributed by atoms with van der Waals surface area (Å²) in [4.78, 5) is 30.4. The molecule has 1 saturated heterocycles. The third kappa shape index (κ3) is 2.61. The van der Waals surface area contributed by atoms with Crippen molar-refractivity contribution in [2.75, 3.05) is 13.1 Å². The summed E-state index contributed by atoms with van der Waals surface area (Å²) in [6.07, 6.45) is 4.99. The van der Waals surface area contributed by atoms with Crippen molar-refractivity contribution in [1.29, 1.82) is 0 Å². The first-order valence-corrected chi connectivity index (χ1v) is 9.64. The minimum atomic E-state index is -0.540. The first-order valence-electron chi connectivity index (χ1n) is 9.64. The number of hydrogen-bond acceptors (Lipinski definition) is 4. The number of likely N-dealkylation sites (tertiary alicyclic amines) is 1. The highest BCUT2D eigenvalue weighted by Gasteiger charge is 2.35. The van der Waals surface area contributed by atoms with Crippen LogP contribution in [0.3, 0.4) is 0 Å². The second-order valence-electron chi connectivity index (χ2n) is 7.59. The lowest BCUT2D eigenvalue weighted by atomic mass is 9.94. The maximum absolute atomic E-state index is 12.3. The molecular weight excluding hydrogens is 380 g/mol. The van der Waals surface area contributed by atoms with E-state index in [-0.39, 0.29) is 11.8 Å². The van der Waals surface area contributed by atoms with E-state index in [2.05, 4.69) is 21.8 Å². The molecule has 5 rings (SSSR count). The summed E-state index contributed by atoms with van der Waals surface area (Å²) in [5.74, 6) is -0.693. The number of nitrogens with zero attached hydrogens (tertiary/aromatic N) is 4. The van der Waals surface area contributed by atoms with E-state index in [0.29, 0.717) is 30.1 Å². The number of carbonyl (C=O) groups excluding carboxylic acids is 2. The van der Waals surface area contributed by atoms with E-state index in [0.717, 1.165) is 27.6 Å². The van der Waals surface area contributed by atoms with Crippen LogP contribution in [0.4, 0.5) is 0 Å². The molecule has 8 nitrogen and oxygen atoms in total. The van der Waals surface area contributed by atoms with Gasteiger partial charge >= 0.3 is 0 Å². The van der Waals surface area contributed by atoms with E-state index < -0.39 is 5.91 Å². The monoisotopic (exact) mass is 400 g/mol. The summed E-state index contributed by atoms with van der Waals surface area (Å²) in [5, 5.41) is 8.15. The zero-order valence-electron chi connectivity index (χ0n) is 16.4. The summed E-state index contributed by atoms with van der Waals surface area (Å²) in [5.41, 5.74) is 11.4. The molecule has 30 heavy (non-hydrogen) atoms. The maximum atomic E-state index is 12.3. The lowest BCUT2D eigenvalue weighted by Gasteiger charge is -2.38. The molecule has 0 atom stereocenters. The van der Waals surface area contributed by atoms with E-state index in [9.17, 15) is 9.59 Å². The highest BCUT2D eigenvalue weighted by molar-refractivity contribution is 5.97. The molecule has 1 fully saturated rings. The van der Waals surface area contributed by atoms with Gasteiger partial charge in [-0.25, -0.2) is 4.98 Å². The van der Waals surface area contributed by atoms with Crippen LogP contribution in [0.25, 0.3) is 27.7 Å². The summed E-state index contributed by atoms with van der Waals surface area (Å²) < 4.78 is 1.75. The smallest absolute Gasteiger partial charge is 0.267 e. The lowest BCUT2D eigenvalue weighted by molar-refractivity contribution is -0.130. The Hall–Kier alpha value is -3.94. The summed E-state index contributed by atoms with van der Waals surface area (Å²) >= 11 is 0. The van der Waals surface area contributed by atoms with Gasteiger partial charge in [-0.2, -0.15) is 5.10 Å². The number of nitrogens with two attached hydrogens (primary N) is 1. The number of aromatic nitrogens is 4. The van der Waals surface area contributed by atoms with Gasteiger partial charge in [-0.05, 0) is 47.9 Å². The average molecular weight is 400 g/mol. The van der Waals surface area contributed by atoms with Crippen molar-refractivity contribution >= 4 is 28.4 Å². The Balaban J connectivity index is 1.63. The van der Waals surface area contributed by atoms with Gasteiger partial charge in [0.15, 0.2) is 0 Å². The van der Waals surface area contributed by atoms with E-state index in [1.807, 2.05) is 37.4 Å². The number of rotatable bonds is 4. The number of benzene rings is 1. The Bertz CT molecular complexity index is 1340. The highest BCUT2D eigenvalue weighted by atomic mass is 16.2. The van der Waals surface area contributed by atoms with E-state index in [1.54, 1.807) is 15.5 Å². The Kier molecular flexibility index (Phi) is 3.95. The van der Waals surface area contributed by atoms with Crippen molar-refractivity contribution in [2.45, 2.75) is 12.8 Å². The van der Waals surface area contributed by atoms with E-state index >= 15 is 0 Å². The molecule has 1 aliphatic rings. The topological polar surface area (TPSA) is 109 Å². The number of hydrogen-bond donors (Lipinski definition) is 2. The van der Waals surface area contributed by atoms with Gasteiger partial charge in [0.2, 0.25) is 5.91 Å². The Labute approximate surface area is 172 Å². The number of pyridine rings is 1. The molecule has 0 bridgehead atoms. The molecule has 8 heteroatoms. The number of imidazole rings is 1. The van der Waals surface area contributed by atoms with Crippen LogP contribution in [0.5, 0.6) is 0 Å². The summed E-state index contributed by atoms with van der Waals surface area (Å²) in [7, 11) is 0. The number of H-pyrrole nitrogens is 1. The normalized spacial score (nSPS) is 14.2. The highest BCUT2D eigenvalue weighted by Crippen LogP contribution is 2.34. The van der Waals surface area contributed by atoms with Gasteiger partial charge < -0.3 is 10.6 Å². The molecule has 4 heterocycles. The fourth-order valence-electron chi connectivity index (χ4n) is 4.21. The quantitative estimate of drug-likeness (QED) is 0.513. The summed E-state index contributed by atoms with van der Waals surface area (Å²) in [6.45, 7) is 6.55. The van der Waals surface area contributed by atoms with Crippen LogP contribution < -0.4 is 5.73 Å². The van der Waals surface area contributed by atoms with Crippen LogP contribution in [-0.4, -0.2) is 49.4 Å². The predicted molar refractivity (Wildman–Crippen MR) is 113 cm³/mol. The molecule has 3 aromatic heterocycles. The number of fused-ring (bicyclic) bond motifs is 2. The Morgan fingerprint density at radius 2 is 2.07 bits per heavy atom. The van der Waals surface area contributed by atoms with Gasteiger partial charge in [0.05, 0.1) is 17.4 Å². The first-order chi connectivity index (χ1) is 14.5. The molecule has 2 amide bonds. The summed E-state index contributed by atoms with van der Waals surface area (Å²) in [6, 6.07) is 7.90. The van der Waals surface area contributed by atoms with Crippen LogP contribution >= 0.6 is 0 Å². The SMILES string of the molecule is C=CC(=O)N1CC(c2nc3ccc(-c4c(C)ccc5[nH]ncc45)cn3c2C(N)=O)C1. The van der Waals surface area contributed by atoms with Crippen molar-refractivity contribution in [1.82, 2.24) is 24.5 Å². The molecule has 0 saturated carbocycles. The number of carbonyl (C=O) groups is 2. The predicted octanol–water partition coefficient (Wildman–Crippen LogP) is 2.40. The van der Waals surface area contributed by atoms with Gasteiger partial charge in [-0.3, -0.25) is 19.1 Å². The van der Waals surface area contributed by atoms with Gasteiger partial charge in [-0.1, -0.05) is 12.6 Å². The molecule has 1 aliphatic heterocycles. The molecule has 0 unspecified atom stereocenters. The minimum absolute atomic E-state index is 0.0289. The minimum Gasteiger partial charge on any atom is -0.364 e. The van der Waals surface area contributed by atoms with E-state index in [1.165, 1.54) is 6.08 Å². The van der Waals surface area contributed by atoms with Crippen LogP contribution in [0.2, 0.25) is 0 Å². The average Bonchev–Trinajstić information content (AvgIpc) is 3.30. The number of primary amides is 1. The number of nitrogens with one attached hydrogen (secondary N) is 1. The van der Waals surface area contributed by atoms with Crippen LogP contribution in [0.15, 0.2) is 49.3 Å². The van der Waals surface area contributed by atoms with Crippen LogP contribution in [0.1, 0.15) is 27.7 Å². The standard InChI is InChI=1S/C22H20N6O2/c1-3-18(29)27-9-14(10-27)20-21(22(23)30)28-11-13(5-7-17(28)25-20)19-12(2)4-6-16-15(19)8-24-26-16/h3-8,11,14H,1,9-10H2,2H3,(H2,23,30)(H,24,26). The van der Waals surface area contributed by atoms with Gasteiger partial charge in [0.25, 0.3) is 5.91 Å². The Morgan fingerprint density at radius 1 is 1.27 bits per heavy atom.